The maximum absolute atomic E-state index is 12.3. The highest BCUT2D eigenvalue weighted by Gasteiger charge is 2.17. The Morgan fingerprint density at radius 3 is 2.62 bits per heavy atom. The Morgan fingerprint density at radius 1 is 1.54 bits per heavy atom. The van der Waals surface area contributed by atoms with Gasteiger partial charge in [-0.2, -0.15) is 0 Å². The first-order valence-corrected chi connectivity index (χ1v) is 4.06. The summed E-state index contributed by atoms with van der Waals surface area (Å²) in [6.07, 6.45) is -2.75. The summed E-state index contributed by atoms with van der Waals surface area (Å²) in [4.78, 5) is 14.2. The Labute approximate surface area is 81.1 Å². The highest BCUT2D eigenvalue weighted by atomic mass is 79.9. The maximum Gasteiger partial charge on any atom is 0.267 e. The van der Waals surface area contributed by atoms with Gasteiger partial charge in [-0.15, -0.1) is 0 Å². The molecule has 0 aliphatic carbocycles. The Hall–Kier alpha value is -1.04. The van der Waals surface area contributed by atoms with Gasteiger partial charge in [0.05, 0.1) is 0 Å². The van der Waals surface area contributed by atoms with Gasteiger partial charge in [-0.05, 0) is 28.1 Å². The molecule has 0 unspecified atom stereocenters. The molecular formula is C7H5BrF2N2O. The zero-order valence-corrected chi connectivity index (χ0v) is 7.88. The minimum absolute atomic E-state index is 0.297. The third kappa shape index (κ3) is 2.21. The summed E-state index contributed by atoms with van der Waals surface area (Å²) in [6.45, 7) is 0. The molecule has 1 heterocycles. The molecular weight excluding hydrogens is 246 g/mol. The van der Waals surface area contributed by atoms with E-state index in [2.05, 4.69) is 20.9 Å². The van der Waals surface area contributed by atoms with E-state index in [0.717, 1.165) is 6.07 Å². The van der Waals surface area contributed by atoms with Gasteiger partial charge in [0.15, 0.2) is 0 Å². The van der Waals surface area contributed by atoms with Crippen molar-refractivity contribution < 1.29 is 13.6 Å². The molecule has 0 bridgehead atoms. The van der Waals surface area contributed by atoms with Crippen LogP contribution in [0.25, 0.3) is 0 Å². The number of hydrogen-bond acceptors (Lipinski definition) is 2. The average molecular weight is 251 g/mol. The fraction of sp³-hybridized carbons (Fsp3) is 0.143. The number of nitrogens with zero attached hydrogens (tertiary/aromatic N) is 1. The molecule has 0 atom stereocenters. The molecule has 2 N–H and O–H groups in total. The SMILES string of the molecule is NC(=O)c1nc(Br)ccc1C(F)F. The lowest BCUT2D eigenvalue weighted by molar-refractivity contribution is 0.0980. The van der Waals surface area contributed by atoms with E-state index in [1.807, 2.05) is 0 Å². The van der Waals surface area contributed by atoms with Crippen LogP contribution in [0, 0.1) is 0 Å². The van der Waals surface area contributed by atoms with Crippen molar-refractivity contribution in [2.45, 2.75) is 6.43 Å². The molecule has 1 aromatic rings. The third-order valence-electron chi connectivity index (χ3n) is 1.36. The predicted octanol–water partition coefficient (Wildman–Crippen LogP) is 1.88. The van der Waals surface area contributed by atoms with Gasteiger partial charge in [0, 0.05) is 5.56 Å². The largest absolute Gasteiger partial charge is 0.364 e. The zero-order chi connectivity index (χ0) is 10.0. The molecule has 0 fully saturated rings. The van der Waals surface area contributed by atoms with Crippen LogP contribution in [-0.4, -0.2) is 10.9 Å². The van der Waals surface area contributed by atoms with Gasteiger partial charge in [0.2, 0.25) is 0 Å². The summed E-state index contributed by atoms with van der Waals surface area (Å²) in [5, 5.41) is 0. The summed E-state index contributed by atoms with van der Waals surface area (Å²) < 4.78 is 24.8. The Morgan fingerprint density at radius 2 is 2.15 bits per heavy atom. The predicted molar refractivity (Wildman–Crippen MR) is 45.4 cm³/mol. The van der Waals surface area contributed by atoms with E-state index in [9.17, 15) is 13.6 Å². The monoisotopic (exact) mass is 250 g/mol. The number of primary amides is 1. The van der Waals surface area contributed by atoms with Crippen LogP contribution in [-0.2, 0) is 0 Å². The molecule has 0 aliphatic rings. The number of aromatic nitrogens is 1. The molecule has 0 aromatic carbocycles. The van der Waals surface area contributed by atoms with E-state index in [1.165, 1.54) is 6.07 Å². The van der Waals surface area contributed by atoms with E-state index >= 15 is 0 Å². The summed E-state index contributed by atoms with van der Waals surface area (Å²) in [7, 11) is 0. The van der Waals surface area contributed by atoms with Gasteiger partial charge in [-0.25, -0.2) is 13.8 Å². The van der Waals surface area contributed by atoms with Crippen molar-refractivity contribution in [2.75, 3.05) is 0 Å². The normalized spacial score (nSPS) is 10.5. The summed E-state index contributed by atoms with van der Waals surface area (Å²) in [5.74, 6) is -0.961. The summed E-state index contributed by atoms with van der Waals surface area (Å²) in [5.41, 5.74) is 4.02. The number of hydrogen-bond donors (Lipinski definition) is 1. The van der Waals surface area contributed by atoms with Crippen LogP contribution in [0.15, 0.2) is 16.7 Å². The van der Waals surface area contributed by atoms with Gasteiger partial charge in [0.25, 0.3) is 12.3 Å². The van der Waals surface area contributed by atoms with Crippen molar-refractivity contribution in [2.24, 2.45) is 5.73 Å². The van der Waals surface area contributed by atoms with Crippen LogP contribution in [0.2, 0.25) is 0 Å². The van der Waals surface area contributed by atoms with E-state index in [4.69, 9.17) is 5.73 Å². The van der Waals surface area contributed by atoms with Crippen molar-refractivity contribution >= 4 is 21.8 Å². The number of halogens is 3. The maximum atomic E-state index is 12.3. The molecule has 1 amide bonds. The van der Waals surface area contributed by atoms with Crippen molar-refractivity contribution in [3.8, 4) is 0 Å². The Bertz CT molecular complexity index is 343. The number of carbonyl (C=O) groups is 1. The topological polar surface area (TPSA) is 56.0 Å². The minimum atomic E-state index is -2.75. The molecule has 0 radical (unpaired) electrons. The van der Waals surface area contributed by atoms with Gasteiger partial charge >= 0.3 is 0 Å². The lowest BCUT2D eigenvalue weighted by atomic mass is 10.2. The third-order valence-corrected chi connectivity index (χ3v) is 1.80. The van der Waals surface area contributed by atoms with Gasteiger partial charge < -0.3 is 5.73 Å². The van der Waals surface area contributed by atoms with Crippen LogP contribution < -0.4 is 5.73 Å². The molecule has 1 aromatic heterocycles. The molecule has 0 aliphatic heterocycles. The van der Waals surface area contributed by atoms with Crippen molar-refractivity contribution in [3.05, 3.63) is 28.0 Å². The Kier molecular flexibility index (Phi) is 2.92. The smallest absolute Gasteiger partial charge is 0.267 e. The number of nitrogens with two attached hydrogens (primary N) is 1. The first-order chi connectivity index (χ1) is 6.02. The minimum Gasteiger partial charge on any atom is -0.364 e. The highest BCUT2D eigenvalue weighted by molar-refractivity contribution is 9.10. The Balaban J connectivity index is 3.27. The zero-order valence-electron chi connectivity index (χ0n) is 6.30. The van der Waals surface area contributed by atoms with E-state index in [0.29, 0.717) is 4.60 Å². The average Bonchev–Trinajstić information content (AvgIpc) is 2.03. The number of rotatable bonds is 2. The number of carbonyl (C=O) groups excluding carboxylic acids is 1. The second kappa shape index (κ2) is 3.78. The van der Waals surface area contributed by atoms with Gasteiger partial charge in [-0.1, -0.05) is 0 Å². The molecule has 0 saturated carbocycles. The number of amides is 1. The highest BCUT2D eigenvalue weighted by Crippen LogP contribution is 2.22. The van der Waals surface area contributed by atoms with Crippen LogP contribution in [0.5, 0.6) is 0 Å². The number of pyridine rings is 1. The molecule has 6 heteroatoms. The van der Waals surface area contributed by atoms with Crippen LogP contribution in [0.1, 0.15) is 22.5 Å². The summed E-state index contributed by atoms with van der Waals surface area (Å²) >= 11 is 2.95. The summed E-state index contributed by atoms with van der Waals surface area (Å²) in [6, 6.07) is 2.44. The second-order valence-corrected chi connectivity index (χ2v) is 3.05. The number of alkyl halides is 2. The van der Waals surface area contributed by atoms with Crippen LogP contribution in [0.3, 0.4) is 0 Å². The van der Waals surface area contributed by atoms with Crippen molar-refractivity contribution in [1.29, 1.82) is 0 Å². The molecule has 0 spiro atoms. The molecule has 70 valence electrons. The van der Waals surface area contributed by atoms with Crippen LogP contribution in [0.4, 0.5) is 8.78 Å². The lowest BCUT2D eigenvalue weighted by Crippen LogP contribution is -2.16. The molecule has 1 rings (SSSR count). The molecule has 13 heavy (non-hydrogen) atoms. The van der Waals surface area contributed by atoms with E-state index < -0.39 is 23.6 Å². The fourth-order valence-electron chi connectivity index (χ4n) is 0.820. The van der Waals surface area contributed by atoms with Crippen LogP contribution >= 0.6 is 15.9 Å². The van der Waals surface area contributed by atoms with E-state index in [-0.39, 0.29) is 0 Å². The fourth-order valence-corrected chi connectivity index (χ4v) is 1.13. The quantitative estimate of drug-likeness (QED) is 0.816. The van der Waals surface area contributed by atoms with Crippen molar-refractivity contribution in [1.82, 2.24) is 4.98 Å². The van der Waals surface area contributed by atoms with Gasteiger partial charge in [-0.3, -0.25) is 4.79 Å². The van der Waals surface area contributed by atoms with E-state index in [1.54, 1.807) is 0 Å². The lowest BCUT2D eigenvalue weighted by Gasteiger charge is -2.04. The van der Waals surface area contributed by atoms with Crippen molar-refractivity contribution in [3.63, 3.8) is 0 Å². The van der Waals surface area contributed by atoms with Gasteiger partial charge in [0.1, 0.15) is 10.3 Å². The standard InChI is InChI=1S/C7H5BrF2N2O/c8-4-2-1-3(6(9)10)5(12-4)7(11)13/h1-2,6H,(H2,11,13). The molecule has 0 saturated heterocycles. The first kappa shape index (κ1) is 10.0. The second-order valence-electron chi connectivity index (χ2n) is 2.24. The first-order valence-electron chi connectivity index (χ1n) is 3.26. The molecule has 3 nitrogen and oxygen atoms in total.